The molecule has 0 unspecified atom stereocenters. The second-order valence-corrected chi connectivity index (χ2v) is 15.0. The van der Waals surface area contributed by atoms with Crippen molar-refractivity contribution in [1.29, 1.82) is 0 Å². The van der Waals surface area contributed by atoms with E-state index in [-0.39, 0.29) is 0 Å². The quantitative estimate of drug-likeness (QED) is 0.576. The van der Waals surface area contributed by atoms with E-state index in [1.54, 1.807) is 0 Å². The monoisotopic (exact) mass is 406 g/mol. The highest BCUT2D eigenvalue weighted by atomic mass is 79.9. The Morgan fingerprint density at radius 2 is 1.96 bits per heavy atom. The molecule has 1 fully saturated rings. The van der Waals surface area contributed by atoms with Gasteiger partial charge in [0.1, 0.15) is 0 Å². The van der Waals surface area contributed by atoms with Crippen LogP contribution in [0.3, 0.4) is 0 Å². The normalized spacial score (nSPS) is 20.2. The van der Waals surface area contributed by atoms with Gasteiger partial charge in [0.05, 0.1) is 0 Å². The van der Waals surface area contributed by atoms with Gasteiger partial charge >= 0.3 is 0 Å². The molecule has 1 saturated heterocycles. The highest BCUT2D eigenvalue weighted by Crippen LogP contribution is 2.40. The van der Waals surface area contributed by atoms with Crippen molar-refractivity contribution in [3.8, 4) is 0 Å². The molecule has 1 aliphatic heterocycles. The van der Waals surface area contributed by atoms with Crippen LogP contribution in [0, 0.1) is 0 Å². The van der Waals surface area contributed by atoms with Gasteiger partial charge in [0, 0.05) is 21.4 Å². The fourth-order valence-electron chi connectivity index (χ4n) is 3.75. The largest absolute Gasteiger partial charge is 0.374 e. The van der Waals surface area contributed by atoms with E-state index >= 15 is 0 Å². The topological polar surface area (TPSA) is 8.17 Å². The Bertz CT molecular complexity index is 742. The molecule has 0 radical (unpaired) electrons. The predicted molar refractivity (Wildman–Crippen MR) is 112 cm³/mol. The molecule has 0 saturated carbocycles. The molecule has 1 aromatic carbocycles. The van der Waals surface area contributed by atoms with Crippen LogP contribution in [0.5, 0.6) is 0 Å². The Morgan fingerprint density at radius 1 is 1.25 bits per heavy atom. The minimum absolute atomic E-state index is 0.327. The van der Waals surface area contributed by atoms with Gasteiger partial charge < -0.3 is 9.13 Å². The Hall–Kier alpha value is -0.583. The number of fused-ring (bicyclic) bond motifs is 1. The lowest BCUT2D eigenvalue weighted by molar-refractivity contribution is 0.310. The maximum atomic E-state index is 3.68. The van der Waals surface area contributed by atoms with Crippen molar-refractivity contribution in [3.05, 3.63) is 34.4 Å². The molecule has 0 amide bonds. The number of aromatic nitrogens is 1. The van der Waals surface area contributed by atoms with Gasteiger partial charge in [-0.2, -0.15) is 0 Å². The smallest absolute Gasteiger partial charge is 0.161 e. The average molecular weight is 407 g/mol. The van der Waals surface area contributed by atoms with Crippen LogP contribution in [0.4, 0.5) is 0 Å². The zero-order valence-corrected chi connectivity index (χ0v) is 18.6. The maximum absolute atomic E-state index is 3.68. The number of nitrogens with zero attached hydrogens (tertiary/aromatic N) is 2. The molecule has 0 spiro atoms. The van der Waals surface area contributed by atoms with E-state index in [1.165, 1.54) is 46.7 Å². The number of hydrogen-bond donors (Lipinski definition) is 0. The molecule has 1 atom stereocenters. The summed E-state index contributed by atoms with van der Waals surface area (Å²) in [5.74, 6) is 0. The van der Waals surface area contributed by atoms with Gasteiger partial charge in [-0.05, 0) is 67.9 Å². The first kappa shape index (κ1) is 18.2. The first-order valence-corrected chi connectivity index (χ1v) is 12.9. The Balaban J connectivity index is 2.11. The Morgan fingerprint density at radius 3 is 2.54 bits per heavy atom. The minimum atomic E-state index is -1.63. The van der Waals surface area contributed by atoms with E-state index in [0.717, 1.165) is 0 Å². The highest BCUT2D eigenvalue weighted by molar-refractivity contribution is 9.10. The van der Waals surface area contributed by atoms with Crippen molar-refractivity contribution in [2.24, 2.45) is 0 Å². The molecule has 2 aromatic rings. The van der Waals surface area contributed by atoms with Crippen molar-refractivity contribution >= 4 is 35.1 Å². The number of hydrogen-bond acceptors (Lipinski definition) is 1. The van der Waals surface area contributed by atoms with Gasteiger partial charge in [-0.1, -0.05) is 49.8 Å². The third-order valence-corrected chi connectivity index (χ3v) is 12.2. The standard InChI is InChI=1S/C20H31BrN2Si/c1-20(2,3)24(5,6)23-14-15(12-17-8-7-11-22(17)4)18-13-16(21)9-10-19(18)23/h9-10,13-14,17H,7-8,11-12H2,1-6H3/t17-/m1/s1. The molecule has 1 aliphatic rings. The zero-order chi connectivity index (χ0) is 17.7. The van der Waals surface area contributed by atoms with Crippen molar-refractivity contribution in [1.82, 2.24) is 9.13 Å². The molecule has 1 aromatic heterocycles. The maximum Gasteiger partial charge on any atom is 0.161 e. The molecule has 0 aliphatic carbocycles. The number of likely N-dealkylation sites (tertiary alicyclic amines) is 1. The number of benzene rings is 1. The summed E-state index contributed by atoms with van der Waals surface area (Å²) in [6.07, 6.45) is 6.33. The number of likely N-dealkylation sites (N-methyl/N-ethyl adjacent to an activating group) is 1. The van der Waals surface area contributed by atoms with Crippen molar-refractivity contribution in [3.63, 3.8) is 0 Å². The fraction of sp³-hybridized carbons (Fsp3) is 0.600. The summed E-state index contributed by atoms with van der Waals surface area (Å²) in [5, 5.41) is 1.77. The molecule has 4 heteroatoms. The zero-order valence-electron chi connectivity index (χ0n) is 16.0. The Labute approximate surface area is 156 Å². The number of rotatable bonds is 3. The van der Waals surface area contributed by atoms with Crippen molar-refractivity contribution in [2.45, 2.75) is 64.2 Å². The molecule has 2 heterocycles. The van der Waals surface area contributed by atoms with Crippen molar-refractivity contribution in [2.75, 3.05) is 13.6 Å². The Kier molecular flexibility index (Phi) is 4.78. The van der Waals surface area contributed by atoms with Crippen LogP contribution >= 0.6 is 15.9 Å². The first-order chi connectivity index (χ1) is 11.1. The predicted octanol–water partition coefficient (Wildman–Crippen LogP) is 5.89. The fourth-order valence-corrected chi connectivity index (χ4v) is 6.11. The van der Waals surface area contributed by atoms with Crippen LogP contribution in [0.2, 0.25) is 18.1 Å². The van der Waals surface area contributed by atoms with E-state index < -0.39 is 8.24 Å². The molecule has 2 nitrogen and oxygen atoms in total. The molecule has 24 heavy (non-hydrogen) atoms. The summed E-state index contributed by atoms with van der Waals surface area (Å²) in [4.78, 5) is 2.54. The lowest BCUT2D eigenvalue weighted by Crippen LogP contribution is -2.44. The van der Waals surface area contributed by atoms with Gasteiger partial charge in [-0.25, -0.2) is 0 Å². The summed E-state index contributed by atoms with van der Waals surface area (Å²) in [7, 11) is 0.651. The third-order valence-electron chi connectivity index (χ3n) is 6.41. The van der Waals surface area contributed by atoms with E-state index in [1.807, 2.05) is 0 Å². The second kappa shape index (κ2) is 6.29. The lowest BCUT2D eigenvalue weighted by Gasteiger charge is -2.38. The summed E-state index contributed by atoms with van der Waals surface area (Å²) in [6.45, 7) is 13.4. The number of halogens is 1. The first-order valence-electron chi connectivity index (χ1n) is 9.11. The van der Waals surface area contributed by atoms with Crippen molar-refractivity contribution < 1.29 is 0 Å². The van der Waals surface area contributed by atoms with E-state index in [9.17, 15) is 0 Å². The van der Waals surface area contributed by atoms with Crippen LogP contribution in [-0.4, -0.2) is 37.0 Å². The van der Waals surface area contributed by atoms with Crippen LogP contribution in [0.15, 0.2) is 28.9 Å². The molecule has 0 N–H and O–H groups in total. The lowest BCUT2D eigenvalue weighted by atomic mass is 10.0. The molecular formula is C20H31BrN2Si. The molecule has 132 valence electrons. The van der Waals surface area contributed by atoms with Gasteiger partial charge in [0.15, 0.2) is 8.24 Å². The summed E-state index contributed by atoms with van der Waals surface area (Å²) < 4.78 is 3.84. The molecule has 3 rings (SSSR count). The van der Waals surface area contributed by atoms with E-state index in [0.29, 0.717) is 11.1 Å². The highest BCUT2D eigenvalue weighted by Gasteiger charge is 2.38. The molecular weight excluding hydrogens is 376 g/mol. The van der Waals surface area contributed by atoms with Crippen LogP contribution in [-0.2, 0) is 6.42 Å². The van der Waals surface area contributed by atoms with E-state index in [4.69, 9.17) is 0 Å². The van der Waals surface area contributed by atoms with Crippen LogP contribution in [0.25, 0.3) is 10.9 Å². The summed E-state index contributed by atoms with van der Waals surface area (Å²) in [6, 6.07) is 7.52. The summed E-state index contributed by atoms with van der Waals surface area (Å²) >= 11 is 3.68. The van der Waals surface area contributed by atoms with Crippen LogP contribution in [0.1, 0.15) is 39.2 Å². The third kappa shape index (κ3) is 3.13. The van der Waals surface area contributed by atoms with E-state index in [2.05, 4.69) is 90.4 Å². The van der Waals surface area contributed by atoms with Gasteiger partial charge in [0.2, 0.25) is 0 Å². The minimum Gasteiger partial charge on any atom is -0.374 e. The van der Waals surface area contributed by atoms with Gasteiger partial charge in [-0.3, -0.25) is 0 Å². The van der Waals surface area contributed by atoms with Crippen LogP contribution < -0.4 is 0 Å². The SMILES string of the molecule is CN1CCC[C@@H]1Cc1cn([Si](C)(C)C(C)(C)C)c2ccc(Br)cc12. The molecule has 0 bridgehead atoms. The second-order valence-electron chi connectivity index (χ2n) is 8.98. The summed E-state index contributed by atoms with van der Waals surface area (Å²) in [5.41, 5.74) is 2.94. The van der Waals surface area contributed by atoms with Gasteiger partial charge in [-0.15, -0.1) is 0 Å². The van der Waals surface area contributed by atoms with Gasteiger partial charge in [0.25, 0.3) is 0 Å². The average Bonchev–Trinajstić information content (AvgIpc) is 3.03.